The molecule has 4 rings (SSSR count). The molecule has 172 valence electrons. The Morgan fingerprint density at radius 2 is 2.00 bits per heavy atom. The molecule has 0 spiro atoms. The van der Waals surface area contributed by atoms with Crippen LogP contribution in [-0.2, 0) is 27.2 Å². The van der Waals surface area contributed by atoms with Crippen LogP contribution in [0.1, 0.15) is 18.1 Å². The smallest absolute Gasteiger partial charge is 0.309 e. The van der Waals surface area contributed by atoms with E-state index in [1.165, 1.54) is 7.11 Å². The number of ether oxygens (including phenoxy) is 3. The van der Waals surface area contributed by atoms with Crippen molar-refractivity contribution >= 4 is 16.9 Å². The second kappa shape index (κ2) is 10.5. The van der Waals surface area contributed by atoms with E-state index in [0.717, 1.165) is 66.3 Å². The number of fused-ring (bicyclic) bond motifs is 1. The maximum absolute atomic E-state index is 11.7. The van der Waals surface area contributed by atoms with Crippen molar-refractivity contribution in [3.63, 3.8) is 0 Å². The Kier molecular flexibility index (Phi) is 7.28. The van der Waals surface area contributed by atoms with Gasteiger partial charge in [-0.05, 0) is 36.2 Å². The summed E-state index contributed by atoms with van der Waals surface area (Å²) in [7, 11) is 1.38. The third kappa shape index (κ3) is 5.03. The number of esters is 1. The summed E-state index contributed by atoms with van der Waals surface area (Å²) in [6, 6.07) is 16.0. The lowest BCUT2D eigenvalue weighted by Gasteiger charge is -2.26. The Labute approximate surface area is 194 Å². The van der Waals surface area contributed by atoms with Gasteiger partial charge >= 0.3 is 5.97 Å². The molecule has 2 aromatic carbocycles. The number of benzene rings is 2. The zero-order valence-corrected chi connectivity index (χ0v) is 19.2. The van der Waals surface area contributed by atoms with Gasteiger partial charge in [-0.3, -0.25) is 9.69 Å². The minimum Gasteiger partial charge on any atom is -0.492 e. The first-order chi connectivity index (χ1) is 16.1. The second-order valence-electron chi connectivity index (χ2n) is 8.01. The van der Waals surface area contributed by atoms with Gasteiger partial charge in [-0.2, -0.15) is 5.26 Å². The standard InChI is InChI=1S/C26H29N3O4/c1-3-29-24-17-21(33-14-11-28-9-12-32-13-10-28)7-8-22(24)23(18-27)26(29)20-6-4-5-19(15-20)16-25(30)31-2/h4-8,15,17H,3,9-14,16H2,1-2H3. The van der Waals surface area contributed by atoms with E-state index in [1.807, 2.05) is 42.5 Å². The molecule has 7 nitrogen and oxygen atoms in total. The van der Waals surface area contributed by atoms with Gasteiger partial charge in [-0.1, -0.05) is 18.2 Å². The number of nitrogens with zero attached hydrogens (tertiary/aromatic N) is 3. The van der Waals surface area contributed by atoms with Crippen LogP contribution in [0.15, 0.2) is 42.5 Å². The number of nitriles is 1. The average Bonchev–Trinajstić information content (AvgIpc) is 3.17. The summed E-state index contributed by atoms with van der Waals surface area (Å²) in [6.07, 6.45) is 0.194. The van der Waals surface area contributed by atoms with E-state index in [-0.39, 0.29) is 12.4 Å². The largest absolute Gasteiger partial charge is 0.492 e. The third-order valence-electron chi connectivity index (χ3n) is 6.02. The Morgan fingerprint density at radius 3 is 2.73 bits per heavy atom. The molecule has 0 saturated carbocycles. The first-order valence-corrected chi connectivity index (χ1v) is 11.3. The third-order valence-corrected chi connectivity index (χ3v) is 6.02. The van der Waals surface area contributed by atoms with Gasteiger partial charge in [-0.15, -0.1) is 0 Å². The van der Waals surface area contributed by atoms with Crippen molar-refractivity contribution in [3.8, 4) is 23.1 Å². The average molecular weight is 448 g/mol. The maximum Gasteiger partial charge on any atom is 0.309 e. The molecular formula is C26H29N3O4. The van der Waals surface area contributed by atoms with E-state index < -0.39 is 0 Å². The van der Waals surface area contributed by atoms with Gasteiger partial charge < -0.3 is 18.8 Å². The lowest BCUT2D eigenvalue weighted by molar-refractivity contribution is -0.139. The summed E-state index contributed by atoms with van der Waals surface area (Å²) in [5, 5.41) is 10.9. The first kappa shape index (κ1) is 22.8. The normalized spacial score (nSPS) is 14.2. The zero-order chi connectivity index (χ0) is 23.2. The number of carbonyl (C=O) groups is 1. The summed E-state index contributed by atoms with van der Waals surface area (Å²) in [6.45, 7) is 7.65. The summed E-state index contributed by atoms with van der Waals surface area (Å²) in [5.74, 6) is 0.501. The number of rotatable bonds is 8. The van der Waals surface area contributed by atoms with Crippen LogP contribution >= 0.6 is 0 Å². The zero-order valence-electron chi connectivity index (χ0n) is 19.2. The number of methoxy groups -OCH3 is 1. The van der Waals surface area contributed by atoms with Crippen molar-refractivity contribution in [1.82, 2.24) is 9.47 Å². The number of hydrogen-bond acceptors (Lipinski definition) is 6. The van der Waals surface area contributed by atoms with Crippen molar-refractivity contribution in [2.45, 2.75) is 19.9 Å². The van der Waals surface area contributed by atoms with Crippen LogP contribution < -0.4 is 4.74 Å². The van der Waals surface area contributed by atoms with E-state index in [9.17, 15) is 10.1 Å². The fourth-order valence-corrected chi connectivity index (χ4v) is 4.35. The molecule has 7 heteroatoms. The SMILES string of the molecule is CCn1c(-c2cccc(CC(=O)OC)c2)c(C#N)c2ccc(OCCN3CCOCC3)cc21. The number of morpholine rings is 1. The molecular weight excluding hydrogens is 418 g/mol. The molecule has 3 aromatic rings. The molecule has 0 unspecified atom stereocenters. The highest BCUT2D eigenvalue weighted by Gasteiger charge is 2.19. The Hall–Kier alpha value is -3.34. The van der Waals surface area contributed by atoms with Crippen molar-refractivity contribution < 1.29 is 19.0 Å². The second-order valence-corrected chi connectivity index (χ2v) is 8.01. The molecule has 1 aliphatic rings. The molecule has 0 atom stereocenters. The predicted octanol–water partition coefficient (Wildman–Crippen LogP) is 3.63. The van der Waals surface area contributed by atoms with Gasteiger partial charge in [0, 0.05) is 37.6 Å². The Bertz CT molecular complexity index is 1170. The molecule has 0 amide bonds. The van der Waals surface area contributed by atoms with Crippen LogP contribution in [0.25, 0.3) is 22.2 Å². The van der Waals surface area contributed by atoms with Crippen LogP contribution in [-0.4, -0.2) is 62.0 Å². The summed E-state index contributed by atoms with van der Waals surface area (Å²) >= 11 is 0. The van der Waals surface area contributed by atoms with Crippen molar-refractivity contribution in [2.24, 2.45) is 0 Å². The highest BCUT2D eigenvalue weighted by Crippen LogP contribution is 2.35. The Morgan fingerprint density at radius 1 is 1.18 bits per heavy atom. The number of aromatic nitrogens is 1. The summed E-state index contributed by atoms with van der Waals surface area (Å²) in [4.78, 5) is 14.1. The molecule has 1 aliphatic heterocycles. The van der Waals surface area contributed by atoms with Crippen LogP contribution in [0.2, 0.25) is 0 Å². The van der Waals surface area contributed by atoms with Crippen molar-refractivity contribution in [3.05, 3.63) is 53.6 Å². The topological polar surface area (TPSA) is 76.7 Å². The molecule has 0 aliphatic carbocycles. The molecule has 0 bridgehead atoms. The molecule has 2 heterocycles. The minimum atomic E-state index is -0.289. The van der Waals surface area contributed by atoms with Crippen LogP contribution in [0.4, 0.5) is 0 Å². The van der Waals surface area contributed by atoms with Crippen molar-refractivity contribution in [2.75, 3.05) is 46.6 Å². The quantitative estimate of drug-likeness (QED) is 0.491. The number of carbonyl (C=O) groups excluding carboxylic acids is 1. The van der Waals surface area contributed by atoms with Gasteiger partial charge in [0.2, 0.25) is 0 Å². The van der Waals surface area contributed by atoms with E-state index >= 15 is 0 Å². The van der Waals surface area contributed by atoms with E-state index in [2.05, 4.69) is 22.5 Å². The Balaban J connectivity index is 1.64. The molecule has 0 radical (unpaired) electrons. The lowest BCUT2D eigenvalue weighted by atomic mass is 10.0. The van der Waals surface area contributed by atoms with E-state index in [4.69, 9.17) is 14.2 Å². The first-order valence-electron chi connectivity index (χ1n) is 11.3. The summed E-state index contributed by atoms with van der Waals surface area (Å²) < 4.78 is 18.4. The fraction of sp³-hybridized carbons (Fsp3) is 0.385. The van der Waals surface area contributed by atoms with Crippen LogP contribution in [0.3, 0.4) is 0 Å². The van der Waals surface area contributed by atoms with E-state index in [0.29, 0.717) is 18.7 Å². The summed E-state index contributed by atoms with van der Waals surface area (Å²) in [5.41, 5.74) is 4.20. The molecule has 33 heavy (non-hydrogen) atoms. The number of aryl methyl sites for hydroxylation is 1. The molecule has 0 N–H and O–H groups in total. The highest BCUT2D eigenvalue weighted by atomic mass is 16.5. The maximum atomic E-state index is 11.7. The van der Waals surface area contributed by atoms with Gasteiger partial charge in [0.15, 0.2) is 0 Å². The van der Waals surface area contributed by atoms with Gasteiger partial charge in [-0.25, -0.2) is 0 Å². The minimum absolute atomic E-state index is 0.194. The molecule has 1 saturated heterocycles. The van der Waals surface area contributed by atoms with Gasteiger partial charge in [0.25, 0.3) is 0 Å². The van der Waals surface area contributed by atoms with Crippen LogP contribution in [0, 0.1) is 11.3 Å². The van der Waals surface area contributed by atoms with Crippen molar-refractivity contribution in [1.29, 1.82) is 5.26 Å². The fourth-order valence-electron chi connectivity index (χ4n) is 4.35. The lowest BCUT2D eigenvalue weighted by Crippen LogP contribution is -2.38. The molecule has 1 aromatic heterocycles. The predicted molar refractivity (Wildman–Crippen MR) is 126 cm³/mol. The van der Waals surface area contributed by atoms with Gasteiger partial charge in [0.1, 0.15) is 18.4 Å². The monoisotopic (exact) mass is 447 g/mol. The highest BCUT2D eigenvalue weighted by molar-refractivity contribution is 5.95. The van der Waals surface area contributed by atoms with Gasteiger partial charge in [0.05, 0.1) is 43.5 Å². The van der Waals surface area contributed by atoms with E-state index in [1.54, 1.807) is 0 Å². The van der Waals surface area contributed by atoms with Crippen LogP contribution in [0.5, 0.6) is 5.75 Å². The molecule has 1 fully saturated rings. The number of hydrogen-bond donors (Lipinski definition) is 0.